The first kappa shape index (κ1) is 10.8. The number of thiazole rings is 1. The SMILES string of the molecule is NC(Cc1csc(-c2ccco2)n1)C(=O)O. The van der Waals surface area contributed by atoms with Crippen LogP contribution in [0.4, 0.5) is 0 Å². The highest BCUT2D eigenvalue weighted by Gasteiger charge is 2.15. The summed E-state index contributed by atoms with van der Waals surface area (Å²) < 4.78 is 5.19. The van der Waals surface area contributed by atoms with E-state index in [-0.39, 0.29) is 6.42 Å². The lowest BCUT2D eigenvalue weighted by Crippen LogP contribution is -2.32. The van der Waals surface area contributed by atoms with E-state index in [2.05, 4.69) is 4.98 Å². The van der Waals surface area contributed by atoms with Gasteiger partial charge in [0.2, 0.25) is 0 Å². The Morgan fingerprint density at radius 1 is 1.69 bits per heavy atom. The molecule has 0 spiro atoms. The molecular formula is C10H10N2O3S. The van der Waals surface area contributed by atoms with Gasteiger partial charge in [-0.3, -0.25) is 4.79 Å². The molecule has 2 rings (SSSR count). The number of aromatic nitrogens is 1. The van der Waals surface area contributed by atoms with Crippen LogP contribution in [0.2, 0.25) is 0 Å². The molecular weight excluding hydrogens is 228 g/mol. The van der Waals surface area contributed by atoms with Gasteiger partial charge in [0.15, 0.2) is 10.8 Å². The summed E-state index contributed by atoms with van der Waals surface area (Å²) in [6.45, 7) is 0. The van der Waals surface area contributed by atoms with Crippen LogP contribution in [-0.2, 0) is 11.2 Å². The van der Waals surface area contributed by atoms with Crippen molar-refractivity contribution in [3.05, 3.63) is 29.5 Å². The van der Waals surface area contributed by atoms with Crippen molar-refractivity contribution in [2.75, 3.05) is 0 Å². The molecule has 0 aromatic carbocycles. The van der Waals surface area contributed by atoms with Gasteiger partial charge in [-0.2, -0.15) is 0 Å². The highest BCUT2D eigenvalue weighted by molar-refractivity contribution is 7.13. The summed E-state index contributed by atoms with van der Waals surface area (Å²) in [5.74, 6) is -0.340. The van der Waals surface area contributed by atoms with Crippen molar-refractivity contribution in [1.82, 2.24) is 4.98 Å². The summed E-state index contributed by atoms with van der Waals surface area (Å²) >= 11 is 1.41. The number of hydrogen-bond acceptors (Lipinski definition) is 5. The Balaban J connectivity index is 2.11. The van der Waals surface area contributed by atoms with Crippen LogP contribution in [0.3, 0.4) is 0 Å². The van der Waals surface area contributed by atoms with Gasteiger partial charge in [-0.05, 0) is 12.1 Å². The molecule has 6 heteroatoms. The third-order valence-corrected chi connectivity index (χ3v) is 2.94. The fourth-order valence-electron chi connectivity index (χ4n) is 1.23. The van der Waals surface area contributed by atoms with Gasteiger partial charge in [-0.25, -0.2) is 4.98 Å². The average Bonchev–Trinajstić information content (AvgIpc) is 2.85. The number of hydrogen-bond donors (Lipinski definition) is 2. The largest absolute Gasteiger partial charge is 0.480 e. The van der Waals surface area contributed by atoms with Crippen molar-refractivity contribution >= 4 is 17.3 Å². The van der Waals surface area contributed by atoms with Crippen LogP contribution in [0.15, 0.2) is 28.2 Å². The van der Waals surface area contributed by atoms with Crippen molar-refractivity contribution in [1.29, 1.82) is 0 Å². The Labute approximate surface area is 95.5 Å². The van der Waals surface area contributed by atoms with Crippen LogP contribution < -0.4 is 5.73 Å². The first-order valence-corrected chi connectivity index (χ1v) is 5.51. The second-order valence-corrected chi connectivity index (χ2v) is 4.13. The standard InChI is InChI=1S/C10H10N2O3S/c11-7(10(13)14)4-6-5-16-9(12-6)8-2-1-3-15-8/h1-3,5,7H,4,11H2,(H,13,14). The number of carboxylic acids is 1. The summed E-state index contributed by atoms with van der Waals surface area (Å²) in [6, 6.07) is 2.67. The van der Waals surface area contributed by atoms with E-state index in [0.29, 0.717) is 11.5 Å². The first-order chi connectivity index (χ1) is 7.66. The lowest BCUT2D eigenvalue weighted by Gasteiger charge is -2.01. The Morgan fingerprint density at radius 3 is 3.12 bits per heavy atom. The maximum absolute atomic E-state index is 10.6. The van der Waals surface area contributed by atoms with Gasteiger partial charge < -0.3 is 15.3 Å². The van der Waals surface area contributed by atoms with Gasteiger partial charge in [0.25, 0.3) is 0 Å². The molecule has 0 amide bonds. The van der Waals surface area contributed by atoms with Gasteiger partial charge in [-0.15, -0.1) is 11.3 Å². The molecule has 5 nitrogen and oxygen atoms in total. The van der Waals surface area contributed by atoms with Gasteiger partial charge in [0.1, 0.15) is 6.04 Å². The van der Waals surface area contributed by atoms with E-state index in [1.165, 1.54) is 11.3 Å². The topological polar surface area (TPSA) is 89.4 Å². The quantitative estimate of drug-likeness (QED) is 0.839. The number of nitrogens with zero attached hydrogens (tertiary/aromatic N) is 1. The highest BCUT2D eigenvalue weighted by atomic mass is 32.1. The fraction of sp³-hybridized carbons (Fsp3) is 0.200. The lowest BCUT2D eigenvalue weighted by molar-refractivity contribution is -0.138. The molecule has 0 saturated heterocycles. The molecule has 2 aromatic rings. The lowest BCUT2D eigenvalue weighted by atomic mass is 10.2. The molecule has 0 saturated carbocycles. The summed E-state index contributed by atoms with van der Waals surface area (Å²) in [5, 5.41) is 11.2. The molecule has 16 heavy (non-hydrogen) atoms. The molecule has 2 aromatic heterocycles. The monoisotopic (exact) mass is 238 g/mol. The van der Waals surface area contributed by atoms with Crippen LogP contribution in [0, 0.1) is 0 Å². The summed E-state index contributed by atoms with van der Waals surface area (Å²) in [6.07, 6.45) is 1.80. The normalized spacial score (nSPS) is 12.6. The third-order valence-electron chi connectivity index (χ3n) is 2.03. The zero-order valence-corrected chi connectivity index (χ0v) is 9.11. The van der Waals surface area contributed by atoms with Crippen molar-refractivity contribution < 1.29 is 14.3 Å². The minimum atomic E-state index is -1.02. The van der Waals surface area contributed by atoms with Crippen molar-refractivity contribution in [3.63, 3.8) is 0 Å². The summed E-state index contributed by atoms with van der Waals surface area (Å²) in [5.41, 5.74) is 6.09. The minimum Gasteiger partial charge on any atom is -0.480 e. The van der Waals surface area contributed by atoms with Gasteiger partial charge in [0, 0.05) is 11.8 Å². The second kappa shape index (κ2) is 4.46. The second-order valence-electron chi connectivity index (χ2n) is 3.27. The highest BCUT2D eigenvalue weighted by Crippen LogP contribution is 2.24. The number of rotatable bonds is 4. The van der Waals surface area contributed by atoms with Crippen LogP contribution in [0.25, 0.3) is 10.8 Å². The van der Waals surface area contributed by atoms with Crippen LogP contribution in [-0.4, -0.2) is 22.1 Å². The minimum absolute atomic E-state index is 0.229. The molecule has 0 bridgehead atoms. The van der Waals surface area contributed by atoms with E-state index in [0.717, 1.165) is 5.01 Å². The molecule has 1 unspecified atom stereocenters. The number of furan rings is 1. The Morgan fingerprint density at radius 2 is 2.50 bits per heavy atom. The predicted molar refractivity (Wildman–Crippen MR) is 59.1 cm³/mol. The Hall–Kier alpha value is -1.66. The zero-order chi connectivity index (χ0) is 11.5. The fourth-order valence-corrected chi connectivity index (χ4v) is 2.03. The predicted octanol–water partition coefficient (Wildman–Crippen LogP) is 1.36. The Kier molecular flexibility index (Phi) is 3.02. The maximum Gasteiger partial charge on any atom is 0.320 e. The number of aliphatic carboxylic acids is 1. The molecule has 0 aliphatic heterocycles. The van der Waals surface area contributed by atoms with Crippen LogP contribution in [0.1, 0.15) is 5.69 Å². The summed E-state index contributed by atoms with van der Waals surface area (Å²) in [7, 11) is 0. The summed E-state index contributed by atoms with van der Waals surface area (Å²) in [4.78, 5) is 14.8. The van der Waals surface area contributed by atoms with E-state index in [4.69, 9.17) is 15.3 Å². The molecule has 3 N–H and O–H groups in total. The van der Waals surface area contributed by atoms with E-state index in [1.807, 2.05) is 0 Å². The van der Waals surface area contributed by atoms with Crippen molar-refractivity contribution in [2.45, 2.75) is 12.5 Å². The van der Waals surface area contributed by atoms with Crippen molar-refractivity contribution in [3.8, 4) is 10.8 Å². The smallest absolute Gasteiger partial charge is 0.320 e. The average molecular weight is 238 g/mol. The van der Waals surface area contributed by atoms with E-state index < -0.39 is 12.0 Å². The van der Waals surface area contributed by atoms with Crippen molar-refractivity contribution in [2.24, 2.45) is 5.73 Å². The van der Waals surface area contributed by atoms with E-state index in [9.17, 15) is 4.79 Å². The molecule has 0 aliphatic carbocycles. The molecule has 0 radical (unpaired) electrons. The maximum atomic E-state index is 10.6. The number of carboxylic acid groups (broad SMARTS) is 1. The zero-order valence-electron chi connectivity index (χ0n) is 8.29. The van der Waals surface area contributed by atoms with Crippen LogP contribution >= 0.6 is 11.3 Å². The molecule has 0 aliphatic rings. The third kappa shape index (κ3) is 2.29. The molecule has 1 atom stereocenters. The van der Waals surface area contributed by atoms with Gasteiger partial charge in [-0.1, -0.05) is 0 Å². The van der Waals surface area contributed by atoms with Gasteiger partial charge in [0.05, 0.1) is 12.0 Å². The Bertz CT molecular complexity index is 478. The first-order valence-electron chi connectivity index (χ1n) is 4.63. The molecule has 2 heterocycles. The molecule has 0 fully saturated rings. The number of nitrogens with two attached hydrogens (primary N) is 1. The molecule has 84 valence electrons. The van der Waals surface area contributed by atoms with E-state index in [1.54, 1.807) is 23.8 Å². The number of carbonyl (C=O) groups is 1. The van der Waals surface area contributed by atoms with Crippen LogP contribution in [0.5, 0.6) is 0 Å². The van der Waals surface area contributed by atoms with E-state index >= 15 is 0 Å². The van der Waals surface area contributed by atoms with Gasteiger partial charge >= 0.3 is 5.97 Å².